The number of aromatic carboxylic acids is 1. The topological polar surface area (TPSA) is 82.2 Å². The molecule has 0 radical (unpaired) electrons. The van der Waals surface area contributed by atoms with E-state index in [9.17, 15) is 9.90 Å². The maximum Gasteiger partial charge on any atom is 0.345 e. The molecule has 5 rings (SSSR count). The average molecular weight is 445 g/mol. The number of carbonyl (C=O) groups is 1. The van der Waals surface area contributed by atoms with Gasteiger partial charge in [-0.25, -0.2) is 14.8 Å². The smallest absolute Gasteiger partial charge is 0.345 e. The zero-order valence-corrected chi connectivity index (χ0v) is 18.3. The van der Waals surface area contributed by atoms with E-state index in [4.69, 9.17) is 4.74 Å². The first-order valence-corrected chi connectivity index (χ1v) is 10.8. The Morgan fingerprint density at radius 1 is 1.19 bits per heavy atom. The van der Waals surface area contributed by atoms with Crippen LogP contribution in [0.25, 0.3) is 27.2 Å². The molecule has 32 heavy (non-hydrogen) atoms. The number of thiophene rings is 1. The summed E-state index contributed by atoms with van der Waals surface area (Å²) in [4.78, 5) is 20.3. The molecule has 160 valence electrons. The number of nitrogens with zero attached hydrogens (tertiary/aromatic N) is 4. The number of fused-ring (bicyclic) bond motifs is 1. The second-order valence-electron chi connectivity index (χ2n) is 7.46. The summed E-state index contributed by atoms with van der Waals surface area (Å²) in [6.07, 6.45) is 7.23. The fourth-order valence-electron chi connectivity index (χ4n) is 3.86. The van der Waals surface area contributed by atoms with E-state index in [0.717, 1.165) is 38.3 Å². The molecule has 4 heterocycles. The molecule has 7 nitrogen and oxygen atoms in total. The maximum absolute atomic E-state index is 11.5. The maximum atomic E-state index is 11.5. The molecule has 0 aliphatic carbocycles. The number of carboxylic acids is 1. The van der Waals surface area contributed by atoms with Crippen molar-refractivity contribution in [3.8, 4) is 22.8 Å². The minimum absolute atomic E-state index is 0.329. The summed E-state index contributed by atoms with van der Waals surface area (Å²) in [5.41, 5.74) is 6.19. The molecular formula is C24H20N4O3S. The molecule has 0 unspecified atom stereocenters. The number of rotatable bonds is 6. The van der Waals surface area contributed by atoms with Gasteiger partial charge in [-0.2, -0.15) is 0 Å². The fourth-order valence-corrected chi connectivity index (χ4v) is 4.80. The Hall–Kier alpha value is -3.91. The monoisotopic (exact) mass is 444 g/mol. The number of ether oxygens (including phenoxy) is 1. The molecule has 0 fully saturated rings. The van der Waals surface area contributed by atoms with E-state index in [-0.39, 0.29) is 0 Å². The van der Waals surface area contributed by atoms with Gasteiger partial charge in [0.2, 0.25) is 5.88 Å². The number of aryl methyl sites for hydroxylation is 1. The summed E-state index contributed by atoms with van der Waals surface area (Å²) < 4.78 is 10.2. The van der Waals surface area contributed by atoms with Crippen LogP contribution in [0, 0.1) is 6.92 Å². The van der Waals surface area contributed by atoms with Crippen LogP contribution >= 0.6 is 11.3 Å². The van der Waals surface area contributed by atoms with E-state index < -0.39 is 5.97 Å². The van der Waals surface area contributed by atoms with Gasteiger partial charge in [-0.05, 0) is 42.3 Å². The lowest BCUT2D eigenvalue weighted by molar-refractivity contribution is 0.0702. The van der Waals surface area contributed by atoms with Gasteiger partial charge in [0.25, 0.3) is 0 Å². The molecule has 0 spiro atoms. The van der Waals surface area contributed by atoms with Crippen LogP contribution in [-0.2, 0) is 6.54 Å². The van der Waals surface area contributed by atoms with Gasteiger partial charge in [0.05, 0.1) is 29.3 Å². The number of benzene rings is 1. The number of hydrogen-bond donors (Lipinski definition) is 1. The summed E-state index contributed by atoms with van der Waals surface area (Å²) in [5, 5.41) is 9.46. The first-order chi connectivity index (χ1) is 15.5. The van der Waals surface area contributed by atoms with Crippen molar-refractivity contribution in [2.24, 2.45) is 0 Å². The number of pyridine rings is 1. The fraction of sp³-hybridized carbons (Fsp3) is 0.125. The number of aromatic nitrogens is 4. The lowest BCUT2D eigenvalue weighted by Gasteiger charge is -2.14. The highest BCUT2D eigenvalue weighted by molar-refractivity contribution is 7.20. The first kappa shape index (κ1) is 20.0. The highest BCUT2D eigenvalue weighted by Gasteiger charge is 2.18. The minimum atomic E-state index is -0.911. The Morgan fingerprint density at radius 3 is 2.72 bits per heavy atom. The number of carboxylic acid groups (broad SMARTS) is 1. The number of hydrogen-bond acceptors (Lipinski definition) is 5. The molecule has 1 N–H and O–H groups in total. The van der Waals surface area contributed by atoms with Gasteiger partial charge in [0.15, 0.2) is 0 Å². The molecule has 0 bridgehead atoms. The van der Waals surface area contributed by atoms with E-state index in [1.165, 1.54) is 11.3 Å². The van der Waals surface area contributed by atoms with Crippen LogP contribution in [0.2, 0.25) is 0 Å². The molecule has 5 aromatic rings. The van der Waals surface area contributed by atoms with Crippen molar-refractivity contribution < 1.29 is 14.6 Å². The summed E-state index contributed by atoms with van der Waals surface area (Å²) in [6.45, 7) is 2.65. The number of methoxy groups -OCH3 is 1. The standard InChI is InChI=1S/C24H20N4O3S/c1-15-9-17(27-8-7-25-14-27)4-5-18(15)19-10-21-20(11-22(32-21)24(29)30)28(19)13-16-3-6-23(31-2)26-12-16/h3-12,14H,13H2,1-2H3,(H,29,30). The Labute approximate surface area is 188 Å². The van der Waals surface area contributed by atoms with E-state index in [1.54, 1.807) is 31.9 Å². The molecule has 0 aliphatic rings. The van der Waals surface area contributed by atoms with Crippen molar-refractivity contribution in [1.29, 1.82) is 0 Å². The second kappa shape index (κ2) is 7.97. The predicted octanol–water partition coefficient (Wildman–Crippen LogP) is 5.01. The van der Waals surface area contributed by atoms with Gasteiger partial charge < -0.3 is 19.0 Å². The highest BCUT2D eigenvalue weighted by Crippen LogP contribution is 2.36. The van der Waals surface area contributed by atoms with Gasteiger partial charge in [-0.3, -0.25) is 0 Å². The van der Waals surface area contributed by atoms with E-state index in [1.807, 2.05) is 22.9 Å². The molecular weight excluding hydrogens is 424 g/mol. The normalized spacial score (nSPS) is 11.2. The molecule has 8 heteroatoms. The Morgan fingerprint density at radius 2 is 2.06 bits per heavy atom. The van der Waals surface area contributed by atoms with Crippen LogP contribution in [-0.4, -0.2) is 37.3 Å². The van der Waals surface area contributed by atoms with Gasteiger partial charge in [-0.1, -0.05) is 12.1 Å². The predicted molar refractivity (Wildman–Crippen MR) is 124 cm³/mol. The first-order valence-electron chi connectivity index (χ1n) is 9.98. The van der Waals surface area contributed by atoms with E-state index >= 15 is 0 Å². The quantitative estimate of drug-likeness (QED) is 0.398. The van der Waals surface area contributed by atoms with Gasteiger partial charge in [0, 0.05) is 42.5 Å². The average Bonchev–Trinajstić information content (AvgIpc) is 3.52. The van der Waals surface area contributed by atoms with Crippen LogP contribution in [0.3, 0.4) is 0 Å². The third kappa shape index (κ3) is 3.54. The van der Waals surface area contributed by atoms with Crippen LogP contribution < -0.4 is 4.74 Å². The zero-order valence-electron chi connectivity index (χ0n) is 17.5. The lowest BCUT2D eigenvalue weighted by atomic mass is 10.0. The van der Waals surface area contributed by atoms with Crippen LogP contribution in [0.1, 0.15) is 20.8 Å². The van der Waals surface area contributed by atoms with Gasteiger partial charge >= 0.3 is 5.97 Å². The molecule has 1 aromatic carbocycles. The largest absolute Gasteiger partial charge is 0.481 e. The van der Waals surface area contributed by atoms with Crippen LogP contribution in [0.15, 0.2) is 67.4 Å². The second-order valence-corrected chi connectivity index (χ2v) is 8.54. The molecule has 4 aromatic heterocycles. The third-order valence-electron chi connectivity index (χ3n) is 5.44. The van der Waals surface area contributed by atoms with Crippen molar-refractivity contribution in [1.82, 2.24) is 19.1 Å². The van der Waals surface area contributed by atoms with Crippen molar-refractivity contribution in [2.75, 3.05) is 7.11 Å². The van der Waals surface area contributed by atoms with Crippen LogP contribution in [0.5, 0.6) is 5.88 Å². The summed E-state index contributed by atoms with van der Waals surface area (Å²) in [6, 6.07) is 13.9. The molecule has 0 amide bonds. The van der Waals surface area contributed by atoms with Crippen molar-refractivity contribution >= 4 is 27.5 Å². The van der Waals surface area contributed by atoms with Crippen molar-refractivity contribution in [2.45, 2.75) is 13.5 Å². The highest BCUT2D eigenvalue weighted by atomic mass is 32.1. The lowest BCUT2D eigenvalue weighted by Crippen LogP contribution is -2.03. The molecule has 0 aliphatic heterocycles. The SMILES string of the molecule is COc1ccc(Cn2c(-c3ccc(-n4ccnc4)cc3C)cc3sc(C(=O)O)cc32)cn1. The van der Waals surface area contributed by atoms with Crippen LogP contribution in [0.4, 0.5) is 0 Å². The Kier molecular flexibility index (Phi) is 4.99. The van der Waals surface area contributed by atoms with Crippen molar-refractivity contribution in [3.05, 3.63) is 83.4 Å². The molecule has 0 atom stereocenters. The Balaban J connectivity index is 1.62. The molecule has 0 saturated heterocycles. The number of imidazole rings is 1. The summed E-state index contributed by atoms with van der Waals surface area (Å²) in [5.74, 6) is -0.354. The zero-order chi connectivity index (χ0) is 22.2. The van der Waals surface area contributed by atoms with E-state index in [2.05, 4.69) is 45.7 Å². The third-order valence-corrected chi connectivity index (χ3v) is 6.50. The molecule has 0 saturated carbocycles. The minimum Gasteiger partial charge on any atom is -0.481 e. The van der Waals surface area contributed by atoms with Gasteiger partial charge in [0.1, 0.15) is 4.88 Å². The van der Waals surface area contributed by atoms with Gasteiger partial charge in [-0.15, -0.1) is 11.3 Å². The summed E-state index contributed by atoms with van der Waals surface area (Å²) in [7, 11) is 1.59. The summed E-state index contributed by atoms with van der Waals surface area (Å²) >= 11 is 1.29. The van der Waals surface area contributed by atoms with Crippen molar-refractivity contribution in [3.63, 3.8) is 0 Å². The Bertz CT molecular complexity index is 1420. The van der Waals surface area contributed by atoms with E-state index in [0.29, 0.717) is 17.3 Å².